The molecule has 0 spiro atoms. The first kappa shape index (κ1) is 24.3. The lowest BCUT2D eigenvalue weighted by Gasteiger charge is -2.32. The van der Waals surface area contributed by atoms with Crippen LogP contribution < -0.4 is 14.8 Å². The van der Waals surface area contributed by atoms with Crippen molar-refractivity contribution in [2.75, 3.05) is 40.5 Å². The van der Waals surface area contributed by atoms with Gasteiger partial charge in [0.25, 0.3) is 5.91 Å². The number of nitrogens with zero attached hydrogens (tertiary/aromatic N) is 2. The molecule has 1 N–H and O–H groups in total. The summed E-state index contributed by atoms with van der Waals surface area (Å²) >= 11 is 0. The van der Waals surface area contributed by atoms with E-state index in [1.807, 2.05) is 17.0 Å². The third kappa shape index (κ3) is 7.05. The zero-order valence-corrected chi connectivity index (χ0v) is 19.2. The number of rotatable bonds is 10. The fourth-order valence-corrected chi connectivity index (χ4v) is 3.68. The van der Waals surface area contributed by atoms with Crippen molar-refractivity contribution in [3.63, 3.8) is 0 Å². The van der Waals surface area contributed by atoms with Crippen LogP contribution >= 0.6 is 0 Å². The Morgan fingerprint density at radius 2 is 1.85 bits per heavy atom. The van der Waals surface area contributed by atoms with Gasteiger partial charge in [-0.2, -0.15) is 0 Å². The molecule has 176 valence electrons. The van der Waals surface area contributed by atoms with Crippen LogP contribution in [-0.2, 0) is 9.53 Å². The molecule has 0 radical (unpaired) electrons. The summed E-state index contributed by atoms with van der Waals surface area (Å²) in [5.41, 5.74) is 1.33. The van der Waals surface area contributed by atoms with Gasteiger partial charge in [0.1, 0.15) is 17.1 Å². The largest absolute Gasteiger partial charge is 0.496 e. The number of hydrogen-bond donors (Lipinski definition) is 1. The number of hydrogen-bond acceptors (Lipinski definition) is 6. The van der Waals surface area contributed by atoms with Gasteiger partial charge in [0.15, 0.2) is 0 Å². The van der Waals surface area contributed by atoms with Crippen LogP contribution in [0.1, 0.15) is 35.2 Å². The third-order valence-corrected chi connectivity index (χ3v) is 5.46. The smallest absolute Gasteiger partial charge is 0.261 e. The maximum atomic E-state index is 13.0. The van der Waals surface area contributed by atoms with E-state index in [1.165, 1.54) is 6.08 Å². The minimum Gasteiger partial charge on any atom is -0.496 e. The number of pyridine rings is 1. The van der Waals surface area contributed by atoms with Crippen molar-refractivity contribution in [2.24, 2.45) is 0 Å². The number of carbonyl (C=O) groups is 2. The number of nitrogens with one attached hydrogen (secondary N) is 1. The highest BCUT2D eigenvalue weighted by molar-refractivity contribution is 5.99. The number of aromatic nitrogens is 1. The van der Waals surface area contributed by atoms with Crippen molar-refractivity contribution >= 4 is 17.9 Å². The molecular formula is C25H31N3O5. The minimum atomic E-state index is -0.141. The number of ether oxygens (including phenoxy) is 3. The minimum absolute atomic E-state index is 0.0928. The molecule has 0 saturated carbocycles. The van der Waals surface area contributed by atoms with E-state index in [2.05, 4.69) is 10.3 Å². The molecule has 2 heterocycles. The summed E-state index contributed by atoms with van der Waals surface area (Å²) in [5.74, 6) is 0.785. The topological polar surface area (TPSA) is 90.0 Å². The van der Waals surface area contributed by atoms with Crippen LogP contribution in [0.3, 0.4) is 0 Å². The summed E-state index contributed by atoms with van der Waals surface area (Å²) in [6.45, 7) is 2.33. The molecule has 0 bridgehead atoms. The molecule has 0 unspecified atom stereocenters. The Labute approximate surface area is 194 Å². The maximum Gasteiger partial charge on any atom is 0.261 e. The highest BCUT2D eigenvalue weighted by atomic mass is 16.5. The van der Waals surface area contributed by atoms with Crippen LogP contribution in [0.2, 0.25) is 0 Å². The van der Waals surface area contributed by atoms with Gasteiger partial charge in [-0.3, -0.25) is 14.6 Å². The van der Waals surface area contributed by atoms with Gasteiger partial charge in [0.2, 0.25) is 5.91 Å². The molecule has 2 amide bonds. The molecule has 1 aromatic heterocycles. The second-order valence-electron chi connectivity index (χ2n) is 7.66. The lowest BCUT2D eigenvalue weighted by atomic mass is 10.1. The Kier molecular flexibility index (Phi) is 9.26. The molecule has 0 atom stereocenters. The van der Waals surface area contributed by atoms with Crippen LogP contribution in [0.4, 0.5) is 0 Å². The van der Waals surface area contributed by atoms with Crippen LogP contribution in [0.25, 0.3) is 6.08 Å². The van der Waals surface area contributed by atoms with Crippen LogP contribution in [0.5, 0.6) is 11.5 Å². The van der Waals surface area contributed by atoms with E-state index in [9.17, 15) is 9.59 Å². The van der Waals surface area contributed by atoms with E-state index >= 15 is 0 Å². The number of benzene rings is 1. The average Bonchev–Trinajstić information content (AvgIpc) is 2.87. The Morgan fingerprint density at radius 3 is 2.48 bits per heavy atom. The maximum absolute atomic E-state index is 13.0. The van der Waals surface area contributed by atoms with E-state index in [1.54, 1.807) is 50.9 Å². The van der Waals surface area contributed by atoms with Crippen LogP contribution in [-0.4, -0.2) is 68.3 Å². The van der Waals surface area contributed by atoms with Crippen molar-refractivity contribution < 1.29 is 23.8 Å². The molecule has 33 heavy (non-hydrogen) atoms. The quantitative estimate of drug-likeness (QED) is 0.440. The SMILES string of the molecule is COc1cccc(OC)c1C(=O)N1CCC(OCCCNC(=O)/C=C/c2cccnc2)CC1. The molecule has 8 heteroatoms. The average molecular weight is 454 g/mol. The fourth-order valence-electron chi connectivity index (χ4n) is 3.68. The van der Waals surface area contributed by atoms with Crippen molar-refractivity contribution in [2.45, 2.75) is 25.4 Å². The predicted molar refractivity (Wildman–Crippen MR) is 125 cm³/mol. The molecule has 1 aliphatic rings. The Hall–Kier alpha value is -3.39. The van der Waals surface area contributed by atoms with E-state index in [-0.39, 0.29) is 17.9 Å². The summed E-state index contributed by atoms with van der Waals surface area (Å²) < 4.78 is 16.7. The first-order chi connectivity index (χ1) is 16.1. The first-order valence-electron chi connectivity index (χ1n) is 11.1. The highest BCUT2D eigenvalue weighted by Crippen LogP contribution is 2.30. The summed E-state index contributed by atoms with van der Waals surface area (Å²) in [4.78, 5) is 30.7. The number of carbonyl (C=O) groups excluding carboxylic acids is 2. The third-order valence-electron chi connectivity index (χ3n) is 5.46. The summed E-state index contributed by atoms with van der Waals surface area (Å²) in [6, 6.07) is 9.03. The molecular weight excluding hydrogens is 422 g/mol. The number of piperidine rings is 1. The summed E-state index contributed by atoms with van der Waals surface area (Å²) in [7, 11) is 3.09. The zero-order valence-electron chi connectivity index (χ0n) is 19.2. The monoisotopic (exact) mass is 453 g/mol. The second kappa shape index (κ2) is 12.6. The number of likely N-dealkylation sites (tertiary alicyclic amines) is 1. The highest BCUT2D eigenvalue weighted by Gasteiger charge is 2.28. The van der Waals surface area contributed by atoms with Gasteiger partial charge >= 0.3 is 0 Å². The Morgan fingerprint density at radius 1 is 1.12 bits per heavy atom. The van der Waals surface area contributed by atoms with Gasteiger partial charge in [0.05, 0.1) is 20.3 Å². The Bertz CT molecular complexity index is 918. The zero-order chi connectivity index (χ0) is 23.5. The molecule has 3 rings (SSSR count). The van der Waals surface area contributed by atoms with Gasteiger partial charge in [-0.25, -0.2) is 0 Å². The van der Waals surface area contributed by atoms with Gasteiger partial charge in [-0.15, -0.1) is 0 Å². The standard InChI is InChI=1S/C25H31N3O5/c1-31-21-7-3-8-22(32-2)24(21)25(30)28-15-11-20(12-16-28)33-17-5-14-27-23(29)10-9-19-6-4-13-26-18-19/h3-4,6-10,13,18,20H,5,11-12,14-17H2,1-2H3,(H,27,29)/b10-9+. The molecule has 1 aromatic carbocycles. The van der Waals surface area contributed by atoms with Crippen LogP contribution in [0.15, 0.2) is 48.8 Å². The predicted octanol–water partition coefficient (Wildman–Crippen LogP) is 2.94. The Balaban J connectivity index is 1.35. The second-order valence-corrected chi connectivity index (χ2v) is 7.66. The molecule has 8 nitrogen and oxygen atoms in total. The number of methoxy groups -OCH3 is 2. The summed E-state index contributed by atoms with van der Waals surface area (Å²) in [6.07, 6.45) is 8.99. The normalized spacial score (nSPS) is 14.3. The van der Waals surface area contributed by atoms with Gasteiger partial charge < -0.3 is 24.4 Å². The van der Waals surface area contributed by atoms with Crippen molar-refractivity contribution in [3.8, 4) is 11.5 Å². The molecule has 1 saturated heterocycles. The van der Waals surface area contributed by atoms with E-state index < -0.39 is 0 Å². The fraction of sp³-hybridized carbons (Fsp3) is 0.400. The van der Waals surface area contributed by atoms with Crippen molar-refractivity contribution in [1.29, 1.82) is 0 Å². The molecule has 1 fully saturated rings. The molecule has 2 aromatic rings. The van der Waals surface area contributed by atoms with Crippen LogP contribution in [0, 0.1) is 0 Å². The van der Waals surface area contributed by atoms with E-state index in [0.29, 0.717) is 43.3 Å². The van der Waals surface area contributed by atoms with Gasteiger partial charge in [-0.1, -0.05) is 12.1 Å². The molecule has 1 aliphatic heterocycles. The van der Waals surface area contributed by atoms with Gasteiger partial charge in [0, 0.05) is 44.7 Å². The van der Waals surface area contributed by atoms with E-state index in [0.717, 1.165) is 24.8 Å². The van der Waals surface area contributed by atoms with E-state index in [4.69, 9.17) is 14.2 Å². The van der Waals surface area contributed by atoms with Crippen molar-refractivity contribution in [3.05, 3.63) is 59.9 Å². The van der Waals surface area contributed by atoms with Crippen molar-refractivity contribution in [1.82, 2.24) is 15.2 Å². The molecule has 0 aliphatic carbocycles. The lowest BCUT2D eigenvalue weighted by molar-refractivity contribution is -0.116. The summed E-state index contributed by atoms with van der Waals surface area (Å²) in [5, 5.41) is 2.85. The van der Waals surface area contributed by atoms with Gasteiger partial charge in [-0.05, 0) is 49.1 Å². The first-order valence-corrected chi connectivity index (χ1v) is 11.1. The lowest BCUT2D eigenvalue weighted by Crippen LogP contribution is -2.41. The number of amides is 2.